The lowest BCUT2D eigenvalue weighted by molar-refractivity contribution is -0.384. The van der Waals surface area contributed by atoms with Gasteiger partial charge in [-0.2, -0.15) is 0 Å². The van der Waals surface area contributed by atoms with E-state index in [4.69, 9.17) is 4.74 Å². The molecule has 1 aromatic carbocycles. The number of benzene rings is 1. The average molecular weight is 334 g/mol. The van der Waals surface area contributed by atoms with E-state index in [2.05, 4.69) is 0 Å². The van der Waals surface area contributed by atoms with Crippen molar-refractivity contribution in [2.45, 2.75) is 39.7 Å². The first-order chi connectivity index (χ1) is 11.0. The molecule has 1 aliphatic rings. The summed E-state index contributed by atoms with van der Waals surface area (Å²) in [7, 11) is 1.52. The van der Waals surface area contributed by atoms with Crippen molar-refractivity contribution in [1.29, 1.82) is 0 Å². The third-order valence-electron chi connectivity index (χ3n) is 3.93. The van der Waals surface area contributed by atoms with Gasteiger partial charge in [0.05, 0.1) is 10.5 Å². The molecule has 0 aromatic heterocycles. The molecule has 1 saturated carbocycles. The van der Waals surface area contributed by atoms with Gasteiger partial charge in [0.25, 0.3) is 5.69 Å². The normalized spacial score (nSPS) is 19.5. The van der Waals surface area contributed by atoms with Gasteiger partial charge < -0.3 is 9.64 Å². The summed E-state index contributed by atoms with van der Waals surface area (Å²) >= 11 is 0. The van der Waals surface area contributed by atoms with Gasteiger partial charge in [0.15, 0.2) is 0 Å². The Bertz CT molecular complexity index is 693. The van der Waals surface area contributed by atoms with Gasteiger partial charge in [-0.3, -0.25) is 14.9 Å². The Balaban J connectivity index is 2.32. The third kappa shape index (κ3) is 3.90. The minimum atomic E-state index is -0.695. The van der Waals surface area contributed by atoms with E-state index < -0.39 is 16.5 Å². The van der Waals surface area contributed by atoms with Crippen LogP contribution in [0.15, 0.2) is 18.2 Å². The molecule has 2 unspecified atom stereocenters. The molecule has 0 radical (unpaired) electrons. The zero-order valence-electron chi connectivity index (χ0n) is 14.5. The second kappa shape index (κ2) is 6.22. The number of nitrogens with zero attached hydrogens (tertiary/aromatic N) is 2. The molecule has 24 heavy (non-hydrogen) atoms. The van der Waals surface area contributed by atoms with Crippen LogP contribution in [0.1, 0.15) is 44.5 Å². The molecular formula is C17H22N2O5. The first-order valence-corrected chi connectivity index (χ1v) is 7.80. The predicted molar refractivity (Wildman–Crippen MR) is 88.9 cm³/mol. The summed E-state index contributed by atoms with van der Waals surface area (Å²) in [5, 5.41) is 11.4. The topological polar surface area (TPSA) is 89.8 Å². The molecule has 7 heteroatoms. The van der Waals surface area contributed by atoms with E-state index in [0.29, 0.717) is 5.92 Å². The van der Waals surface area contributed by atoms with E-state index >= 15 is 0 Å². The summed E-state index contributed by atoms with van der Waals surface area (Å²) in [6.45, 7) is 7.13. The summed E-state index contributed by atoms with van der Waals surface area (Å²) in [4.78, 5) is 36.5. The zero-order chi connectivity index (χ0) is 18.2. The zero-order valence-corrected chi connectivity index (χ0v) is 14.5. The Hall–Kier alpha value is -2.44. The van der Waals surface area contributed by atoms with Crippen LogP contribution in [0, 0.1) is 22.0 Å². The average Bonchev–Trinajstić information content (AvgIpc) is 3.20. The van der Waals surface area contributed by atoms with Crippen LogP contribution < -0.4 is 4.90 Å². The van der Waals surface area contributed by atoms with Crippen LogP contribution in [0.4, 0.5) is 11.4 Å². The monoisotopic (exact) mass is 334 g/mol. The second-order valence-electron chi connectivity index (χ2n) is 7.18. The molecule has 1 aromatic rings. The van der Waals surface area contributed by atoms with Gasteiger partial charge in [-0.1, -0.05) is 6.92 Å². The van der Waals surface area contributed by atoms with Crippen LogP contribution >= 0.6 is 0 Å². The van der Waals surface area contributed by atoms with Crippen molar-refractivity contribution >= 4 is 23.3 Å². The molecule has 0 saturated heterocycles. The van der Waals surface area contributed by atoms with E-state index in [1.54, 1.807) is 20.8 Å². The molecule has 1 aliphatic carbocycles. The van der Waals surface area contributed by atoms with Gasteiger partial charge in [0, 0.05) is 19.0 Å². The van der Waals surface area contributed by atoms with Crippen molar-refractivity contribution in [2.75, 3.05) is 11.9 Å². The SMILES string of the molecule is CC1CC1C(=O)N(C)c1ccc(C(=O)OC(C)(C)C)cc1[N+](=O)[O-]. The van der Waals surface area contributed by atoms with Crippen LogP contribution in [0.3, 0.4) is 0 Å². The molecule has 130 valence electrons. The van der Waals surface area contributed by atoms with E-state index in [0.717, 1.165) is 12.5 Å². The van der Waals surface area contributed by atoms with Crippen LogP contribution in [0.25, 0.3) is 0 Å². The highest BCUT2D eigenvalue weighted by Gasteiger charge is 2.42. The minimum Gasteiger partial charge on any atom is -0.456 e. The standard InChI is InChI=1S/C17H22N2O5/c1-10-8-12(10)15(20)18(5)13-7-6-11(9-14(13)19(22)23)16(21)24-17(2,3)4/h6-7,9-10,12H,8H2,1-5H3. The Morgan fingerprint density at radius 2 is 1.92 bits per heavy atom. The Morgan fingerprint density at radius 3 is 2.38 bits per heavy atom. The number of nitro groups is 1. The number of ether oxygens (including phenoxy) is 1. The van der Waals surface area contributed by atoms with Crippen molar-refractivity contribution in [3.63, 3.8) is 0 Å². The number of anilines is 1. The fourth-order valence-electron chi connectivity index (χ4n) is 2.45. The number of amides is 1. The molecule has 0 heterocycles. The number of carbonyl (C=O) groups excluding carboxylic acids is 2. The molecule has 0 spiro atoms. The molecule has 2 rings (SSSR count). The summed E-state index contributed by atoms with van der Waals surface area (Å²) in [6.07, 6.45) is 0.799. The number of hydrogen-bond acceptors (Lipinski definition) is 5. The lowest BCUT2D eigenvalue weighted by atomic mass is 10.1. The van der Waals surface area contributed by atoms with E-state index in [-0.39, 0.29) is 28.8 Å². The smallest absolute Gasteiger partial charge is 0.338 e. The van der Waals surface area contributed by atoms with E-state index in [9.17, 15) is 19.7 Å². The van der Waals surface area contributed by atoms with Gasteiger partial charge in [0.2, 0.25) is 5.91 Å². The highest BCUT2D eigenvalue weighted by atomic mass is 16.6. The maximum Gasteiger partial charge on any atom is 0.338 e. The number of esters is 1. The maximum atomic E-state index is 12.3. The van der Waals surface area contributed by atoms with Gasteiger partial charge >= 0.3 is 5.97 Å². The largest absolute Gasteiger partial charge is 0.456 e. The van der Waals surface area contributed by atoms with Crippen molar-refractivity contribution in [2.24, 2.45) is 11.8 Å². The maximum absolute atomic E-state index is 12.3. The molecule has 0 N–H and O–H groups in total. The Labute approximate surface area is 140 Å². The van der Waals surface area contributed by atoms with E-state index in [1.807, 2.05) is 6.92 Å². The van der Waals surface area contributed by atoms with Crippen molar-refractivity contribution < 1.29 is 19.2 Å². The number of nitro benzene ring substituents is 1. The number of carbonyl (C=O) groups is 2. The van der Waals surface area contributed by atoms with Crippen LogP contribution in [-0.4, -0.2) is 29.4 Å². The van der Waals surface area contributed by atoms with Gasteiger partial charge in [-0.25, -0.2) is 4.79 Å². The third-order valence-corrected chi connectivity index (χ3v) is 3.93. The molecule has 0 aliphatic heterocycles. The summed E-state index contributed by atoms with van der Waals surface area (Å²) in [5.41, 5.74) is -0.723. The minimum absolute atomic E-state index is 0.0832. The van der Waals surface area contributed by atoms with Gasteiger partial charge in [-0.05, 0) is 45.2 Å². The molecule has 7 nitrogen and oxygen atoms in total. The van der Waals surface area contributed by atoms with Gasteiger partial charge in [0.1, 0.15) is 11.3 Å². The quantitative estimate of drug-likeness (QED) is 0.479. The van der Waals surface area contributed by atoms with Crippen LogP contribution in [0.5, 0.6) is 0 Å². The first kappa shape index (κ1) is 17.9. The predicted octanol–water partition coefficient (Wildman–Crippen LogP) is 3.17. The lowest BCUT2D eigenvalue weighted by Crippen LogP contribution is -2.29. The molecular weight excluding hydrogens is 312 g/mol. The summed E-state index contributed by atoms with van der Waals surface area (Å²) in [6, 6.07) is 4.02. The number of rotatable bonds is 4. The Morgan fingerprint density at radius 1 is 1.33 bits per heavy atom. The second-order valence-corrected chi connectivity index (χ2v) is 7.18. The molecule has 2 atom stereocenters. The van der Waals surface area contributed by atoms with Crippen molar-refractivity contribution in [3.8, 4) is 0 Å². The Kier molecular flexibility index (Phi) is 4.64. The highest BCUT2D eigenvalue weighted by molar-refractivity contribution is 5.99. The fraction of sp³-hybridized carbons (Fsp3) is 0.529. The summed E-state index contributed by atoms with van der Waals surface area (Å²) in [5.74, 6) is -0.558. The van der Waals surface area contributed by atoms with Gasteiger partial charge in [-0.15, -0.1) is 0 Å². The highest BCUT2D eigenvalue weighted by Crippen LogP contribution is 2.41. The molecule has 1 amide bonds. The van der Waals surface area contributed by atoms with Crippen molar-refractivity contribution in [3.05, 3.63) is 33.9 Å². The summed E-state index contributed by atoms with van der Waals surface area (Å²) < 4.78 is 5.23. The van der Waals surface area contributed by atoms with Crippen molar-refractivity contribution in [1.82, 2.24) is 0 Å². The molecule has 1 fully saturated rings. The first-order valence-electron chi connectivity index (χ1n) is 7.80. The fourth-order valence-corrected chi connectivity index (χ4v) is 2.45. The van der Waals surface area contributed by atoms with Crippen LogP contribution in [0.2, 0.25) is 0 Å². The van der Waals surface area contributed by atoms with Crippen LogP contribution in [-0.2, 0) is 9.53 Å². The van der Waals surface area contributed by atoms with E-state index in [1.165, 1.54) is 24.1 Å². The molecule has 0 bridgehead atoms. The lowest BCUT2D eigenvalue weighted by Gasteiger charge is -2.20. The number of hydrogen-bond donors (Lipinski definition) is 0.